The summed E-state index contributed by atoms with van der Waals surface area (Å²) < 4.78 is 5.09. The van der Waals surface area contributed by atoms with Gasteiger partial charge in [-0.3, -0.25) is 9.59 Å². The second-order valence-corrected chi connectivity index (χ2v) is 4.80. The van der Waals surface area contributed by atoms with Crippen LogP contribution < -0.4 is 0 Å². The van der Waals surface area contributed by atoms with Gasteiger partial charge < -0.3 is 12.7 Å². The normalized spacial score (nSPS) is 11.5. The Bertz CT molecular complexity index is 249. The van der Waals surface area contributed by atoms with Gasteiger partial charge in [-0.15, -0.1) is 0 Å². The van der Waals surface area contributed by atoms with E-state index in [9.17, 15) is 9.59 Å². The molecule has 0 spiro atoms. The maximum Gasteiger partial charge on any atom is 2.00 e. The van der Waals surface area contributed by atoms with Gasteiger partial charge in [-0.1, -0.05) is 20.8 Å². The number of rotatable bonds is 3. The average molecular weight is 342 g/mol. The van der Waals surface area contributed by atoms with E-state index in [4.69, 9.17) is 9.84 Å². The van der Waals surface area contributed by atoms with E-state index in [1.807, 2.05) is 20.8 Å². The van der Waals surface area contributed by atoms with Crippen LogP contribution in [0.5, 0.6) is 0 Å². The summed E-state index contributed by atoms with van der Waals surface area (Å²) in [7, 11) is 0. The van der Waals surface area contributed by atoms with E-state index in [0.717, 1.165) is 0 Å². The zero-order valence-electron chi connectivity index (χ0n) is 12.1. The van der Waals surface area contributed by atoms with Crippen molar-refractivity contribution in [3.8, 4) is 0 Å². The first-order chi connectivity index (χ1) is 6.06. The quantitative estimate of drug-likeness (QED) is 0.482. The van der Waals surface area contributed by atoms with Gasteiger partial charge in [0.2, 0.25) is 0 Å². The van der Waals surface area contributed by atoms with Crippen LogP contribution in [0.15, 0.2) is 0 Å². The number of carbonyl (C=O) groups is 2. The molecule has 0 heterocycles. The van der Waals surface area contributed by atoms with Gasteiger partial charge >= 0.3 is 60.8 Å². The van der Waals surface area contributed by atoms with E-state index in [-0.39, 0.29) is 57.1 Å². The number of hydrogen-bond donors (Lipinski definition) is 1. The predicted octanol–water partition coefficient (Wildman–Crippen LogP) is 1.67. The van der Waals surface area contributed by atoms with Crippen LogP contribution in [-0.4, -0.2) is 71.5 Å². The smallest absolute Gasteiger partial charge is 1.00 e. The zero-order chi connectivity index (χ0) is 11.6. The van der Waals surface area contributed by atoms with Crippen molar-refractivity contribution in [2.45, 2.75) is 46.6 Å². The largest absolute Gasteiger partial charge is 2.00 e. The van der Waals surface area contributed by atoms with Gasteiger partial charge in [0.05, 0.1) is 0 Å². The van der Waals surface area contributed by atoms with Crippen molar-refractivity contribution in [1.29, 1.82) is 0 Å². The summed E-state index contributed by atoms with van der Waals surface area (Å²) in [5.41, 5.74) is -0.888. The molecule has 0 unspecified atom stereocenters. The number of carbonyl (C=O) groups excluding carboxylic acids is 1. The molecule has 0 saturated heterocycles. The van der Waals surface area contributed by atoms with Crippen LogP contribution in [0.4, 0.5) is 0 Å². The molecule has 0 aliphatic rings. The molecule has 4 nitrogen and oxygen atoms in total. The monoisotopic (exact) mass is 342 g/mol. The third kappa shape index (κ3) is 6.63. The van der Waals surface area contributed by atoms with Crippen molar-refractivity contribution >= 4 is 60.8 Å². The molecule has 0 amide bonds. The molecular formula is C10H20BaO4. The second kappa shape index (κ2) is 6.30. The Balaban J connectivity index is -0.000000282. The van der Waals surface area contributed by atoms with Crippen molar-refractivity contribution in [2.75, 3.05) is 0 Å². The van der Waals surface area contributed by atoms with E-state index in [2.05, 4.69) is 0 Å². The molecule has 0 saturated carbocycles. The number of carboxylic acid groups (broad SMARTS) is 1. The number of esters is 1. The fraction of sp³-hybridized carbons (Fsp3) is 0.800. The van der Waals surface area contributed by atoms with Crippen molar-refractivity contribution in [1.82, 2.24) is 0 Å². The second-order valence-electron chi connectivity index (χ2n) is 4.80. The fourth-order valence-electron chi connectivity index (χ4n) is 0.597. The third-order valence-electron chi connectivity index (χ3n) is 2.47. The molecule has 0 aliphatic carbocycles. The Morgan fingerprint density at radius 2 is 1.60 bits per heavy atom. The van der Waals surface area contributed by atoms with Gasteiger partial charge in [-0.2, -0.15) is 0 Å². The summed E-state index contributed by atoms with van der Waals surface area (Å²) >= 11 is 0. The van der Waals surface area contributed by atoms with Crippen LogP contribution in [-0.2, 0) is 14.3 Å². The molecular weight excluding hydrogens is 321 g/mol. The molecule has 15 heavy (non-hydrogen) atoms. The van der Waals surface area contributed by atoms with E-state index in [1.54, 1.807) is 13.8 Å². The Kier molecular flexibility index (Phi) is 7.51. The summed E-state index contributed by atoms with van der Waals surface area (Å²) in [5, 5.41) is 8.38. The van der Waals surface area contributed by atoms with E-state index < -0.39 is 24.0 Å². The number of ether oxygens (including phenoxy) is 1. The van der Waals surface area contributed by atoms with Gasteiger partial charge in [0, 0.05) is 5.41 Å². The minimum Gasteiger partial charge on any atom is -1.00 e. The molecule has 0 aromatic rings. The molecule has 0 fully saturated rings. The summed E-state index contributed by atoms with van der Waals surface area (Å²) in [6.07, 6.45) is -0.584. The van der Waals surface area contributed by atoms with Gasteiger partial charge in [0.15, 0.2) is 0 Å². The topological polar surface area (TPSA) is 63.6 Å². The first-order valence-electron chi connectivity index (χ1n) is 4.50. The molecule has 5 heteroatoms. The molecule has 0 aromatic heterocycles. The Morgan fingerprint density at radius 3 is 1.87 bits per heavy atom. The Labute approximate surface area is 134 Å². The van der Waals surface area contributed by atoms with E-state index in [0.29, 0.717) is 0 Å². The number of hydrogen-bond acceptors (Lipinski definition) is 3. The molecule has 0 rings (SSSR count). The van der Waals surface area contributed by atoms with Gasteiger partial charge in [0.1, 0.15) is 12.0 Å². The van der Waals surface area contributed by atoms with E-state index in [1.165, 1.54) is 0 Å². The minimum atomic E-state index is -1.17. The van der Waals surface area contributed by atoms with Crippen molar-refractivity contribution in [3.05, 3.63) is 0 Å². The van der Waals surface area contributed by atoms with Crippen molar-refractivity contribution in [3.63, 3.8) is 0 Å². The van der Waals surface area contributed by atoms with E-state index >= 15 is 0 Å². The average Bonchev–Trinajstić information content (AvgIpc) is 1.79. The number of aliphatic carboxylic acids is 1. The minimum absolute atomic E-state index is 0. The maximum absolute atomic E-state index is 11.1. The first-order valence-corrected chi connectivity index (χ1v) is 4.50. The van der Waals surface area contributed by atoms with Crippen LogP contribution in [0.3, 0.4) is 0 Å². The van der Waals surface area contributed by atoms with Crippen LogP contribution in [0.2, 0.25) is 0 Å². The first kappa shape index (κ1) is 17.9. The van der Waals surface area contributed by atoms with Crippen LogP contribution >= 0.6 is 0 Å². The predicted molar refractivity (Wildman–Crippen MR) is 59.9 cm³/mol. The summed E-state index contributed by atoms with van der Waals surface area (Å²) in [4.78, 5) is 21.4. The molecule has 0 atom stereocenters. The van der Waals surface area contributed by atoms with Crippen LogP contribution in [0.25, 0.3) is 0 Å². The molecule has 0 bridgehead atoms. The zero-order valence-corrected chi connectivity index (χ0v) is 14.5. The molecule has 1 N–H and O–H groups in total. The summed E-state index contributed by atoms with van der Waals surface area (Å²) in [6.45, 7) is 9.34. The van der Waals surface area contributed by atoms with Gasteiger partial charge in [-0.25, -0.2) is 0 Å². The molecule has 0 aromatic carbocycles. The van der Waals surface area contributed by atoms with Crippen molar-refractivity contribution in [2.24, 2.45) is 5.41 Å². The van der Waals surface area contributed by atoms with Gasteiger partial charge in [-0.05, 0) is 13.8 Å². The maximum atomic E-state index is 11.1. The molecule has 0 radical (unpaired) electrons. The van der Waals surface area contributed by atoms with Crippen LogP contribution in [0, 0.1) is 5.41 Å². The summed E-state index contributed by atoms with van der Waals surface area (Å²) in [5.74, 6) is -1.86. The molecule has 0 aliphatic heterocycles. The SMILES string of the molecule is CC(C)(C)C(C)(C)OC(=O)CC(=O)O.[Ba+2].[H-].[H-]. The van der Waals surface area contributed by atoms with Gasteiger partial charge in [0.25, 0.3) is 0 Å². The third-order valence-corrected chi connectivity index (χ3v) is 2.47. The number of carboxylic acids is 1. The fourth-order valence-corrected chi connectivity index (χ4v) is 0.597. The molecule has 86 valence electrons. The standard InChI is InChI=1S/C10H18O4.Ba.2H/c1-9(2,3)10(4,5)14-8(13)6-7(11)12;;;/h6H2,1-5H3,(H,11,12);;;/q;+2;2*-1. The van der Waals surface area contributed by atoms with Crippen molar-refractivity contribution < 1.29 is 22.3 Å². The Morgan fingerprint density at radius 1 is 1.20 bits per heavy atom. The Hall–Kier alpha value is 0.511. The summed E-state index contributed by atoms with van der Waals surface area (Å²) in [6, 6.07) is 0. The van der Waals surface area contributed by atoms with Crippen LogP contribution in [0.1, 0.15) is 43.9 Å².